The van der Waals surface area contributed by atoms with Crippen LogP contribution in [0, 0.1) is 29.1 Å². The lowest BCUT2D eigenvalue weighted by molar-refractivity contribution is -0.111. The first-order valence-electron chi connectivity index (χ1n) is 6.84. The van der Waals surface area contributed by atoms with Crippen LogP contribution in [0.1, 0.15) is 11.1 Å². The van der Waals surface area contributed by atoms with Crippen LogP contribution >= 0.6 is 0 Å². The van der Waals surface area contributed by atoms with Gasteiger partial charge in [0.2, 0.25) is 5.82 Å². The Balaban J connectivity index is 2.03. The molecule has 1 aliphatic rings. The number of anilines is 1. The number of amides is 1. The Bertz CT molecular complexity index is 926. The zero-order valence-corrected chi connectivity index (χ0v) is 12.5. The molecule has 0 atom stereocenters. The predicted molar refractivity (Wildman–Crippen MR) is 80.2 cm³/mol. The molecule has 2 aromatic rings. The van der Waals surface area contributed by atoms with Gasteiger partial charge in [-0.05, 0) is 6.07 Å². The van der Waals surface area contributed by atoms with Crippen molar-refractivity contribution in [3.8, 4) is 0 Å². The first-order valence-corrected chi connectivity index (χ1v) is 6.84. The number of para-hydroxylation sites is 1. The first kappa shape index (κ1) is 16.7. The van der Waals surface area contributed by atoms with E-state index in [2.05, 4.69) is 10.2 Å². The number of hydrogen-bond donors (Lipinski definition) is 0. The largest absolute Gasteiger partial charge is 0.309 e. The van der Waals surface area contributed by atoms with Gasteiger partial charge >= 0.3 is 0 Å². The van der Waals surface area contributed by atoms with Crippen molar-refractivity contribution < 1.29 is 26.7 Å². The summed E-state index contributed by atoms with van der Waals surface area (Å²) >= 11 is 0. The van der Waals surface area contributed by atoms with Crippen LogP contribution in [0.2, 0.25) is 0 Å². The molecule has 0 fully saturated rings. The second-order valence-electron chi connectivity index (χ2n) is 5.06. The average molecular weight is 353 g/mol. The summed E-state index contributed by atoms with van der Waals surface area (Å²) in [6, 6.07) is 6.59. The lowest BCUT2D eigenvalue weighted by Crippen LogP contribution is -2.25. The highest BCUT2D eigenvalue weighted by Gasteiger charge is 2.31. The van der Waals surface area contributed by atoms with Gasteiger partial charge in [-0.3, -0.25) is 4.79 Å². The van der Waals surface area contributed by atoms with Crippen molar-refractivity contribution in [2.24, 2.45) is 10.2 Å². The fourth-order valence-electron chi connectivity index (χ4n) is 2.33. The molecule has 0 spiro atoms. The molecule has 0 N–H and O–H groups in total. The molecule has 0 saturated heterocycles. The number of fused-ring (bicyclic) bond motifs is 1. The highest BCUT2D eigenvalue weighted by molar-refractivity contribution is 6.54. The number of rotatable bonds is 2. The van der Waals surface area contributed by atoms with Crippen LogP contribution in [0.3, 0.4) is 0 Å². The van der Waals surface area contributed by atoms with E-state index in [1.165, 1.54) is 11.9 Å². The second kappa shape index (κ2) is 6.08. The molecule has 0 radical (unpaired) electrons. The topological polar surface area (TPSA) is 45.0 Å². The van der Waals surface area contributed by atoms with Crippen molar-refractivity contribution >= 4 is 23.5 Å². The van der Waals surface area contributed by atoms with E-state index < -0.39 is 40.6 Å². The summed E-state index contributed by atoms with van der Waals surface area (Å²) in [7, 11) is 1.50. The molecular formula is C16H8F5N3O. The maximum atomic E-state index is 13.5. The van der Waals surface area contributed by atoms with E-state index in [0.29, 0.717) is 17.5 Å². The molecule has 0 bridgehead atoms. The molecule has 0 saturated carbocycles. The maximum absolute atomic E-state index is 13.5. The predicted octanol–water partition coefficient (Wildman–Crippen LogP) is 3.18. The molecule has 0 aromatic heterocycles. The third kappa shape index (κ3) is 2.57. The Morgan fingerprint density at radius 1 is 0.920 bits per heavy atom. The fraction of sp³-hybridized carbons (Fsp3) is 0.0625. The number of carbonyl (C=O) groups is 1. The number of carbonyl (C=O) groups excluding carboxylic acids is 1. The van der Waals surface area contributed by atoms with Gasteiger partial charge in [-0.15, -0.1) is 5.10 Å². The van der Waals surface area contributed by atoms with Crippen LogP contribution in [0.25, 0.3) is 0 Å². The Labute approximate surface area is 137 Å². The highest BCUT2D eigenvalue weighted by Crippen LogP contribution is 2.27. The molecule has 128 valence electrons. The second-order valence-corrected chi connectivity index (χ2v) is 5.06. The van der Waals surface area contributed by atoms with Crippen LogP contribution in [-0.4, -0.2) is 24.9 Å². The Kier molecular flexibility index (Phi) is 4.07. The van der Waals surface area contributed by atoms with E-state index in [1.807, 2.05) is 0 Å². The summed E-state index contributed by atoms with van der Waals surface area (Å²) in [4.78, 5) is 13.4. The van der Waals surface area contributed by atoms with Gasteiger partial charge in [0, 0.05) is 12.6 Å². The van der Waals surface area contributed by atoms with Crippen molar-refractivity contribution in [2.75, 3.05) is 11.9 Å². The zero-order valence-electron chi connectivity index (χ0n) is 12.5. The molecule has 4 nitrogen and oxygen atoms in total. The first-order chi connectivity index (χ1) is 11.8. The monoisotopic (exact) mass is 353 g/mol. The molecule has 9 heteroatoms. The van der Waals surface area contributed by atoms with E-state index in [1.54, 1.807) is 24.3 Å². The minimum Gasteiger partial charge on any atom is -0.309 e. The van der Waals surface area contributed by atoms with Crippen molar-refractivity contribution in [3.63, 3.8) is 0 Å². The highest BCUT2D eigenvalue weighted by atomic mass is 19.2. The average Bonchev–Trinajstić information content (AvgIpc) is 2.86. The van der Waals surface area contributed by atoms with Crippen LogP contribution in [0.5, 0.6) is 0 Å². The quantitative estimate of drug-likeness (QED) is 0.269. The molecular weight excluding hydrogens is 345 g/mol. The van der Waals surface area contributed by atoms with Gasteiger partial charge in [0.05, 0.1) is 17.5 Å². The molecule has 2 aromatic carbocycles. The molecule has 0 aliphatic carbocycles. The fourth-order valence-corrected chi connectivity index (χ4v) is 2.33. The number of hydrogen-bond acceptors (Lipinski definition) is 3. The van der Waals surface area contributed by atoms with Gasteiger partial charge in [0.1, 0.15) is 0 Å². The molecule has 1 amide bonds. The molecule has 1 heterocycles. The van der Waals surface area contributed by atoms with Crippen LogP contribution in [-0.2, 0) is 4.79 Å². The molecule has 25 heavy (non-hydrogen) atoms. The normalized spacial score (nSPS) is 15.5. The third-order valence-electron chi connectivity index (χ3n) is 3.62. The number of halogens is 5. The van der Waals surface area contributed by atoms with Crippen LogP contribution < -0.4 is 4.90 Å². The third-order valence-corrected chi connectivity index (χ3v) is 3.62. The van der Waals surface area contributed by atoms with Crippen molar-refractivity contribution in [1.82, 2.24) is 0 Å². The summed E-state index contributed by atoms with van der Waals surface area (Å²) in [5.74, 6) is -11.0. The minimum absolute atomic E-state index is 0.113. The van der Waals surface area contributed by atoms with Crippen LogP contribution in [0.4, 0.5) is 27.6 Å². The lowest BCUT2D eigenvalue weighted by atomic mass is 10.1. The Morgan fingerprint density at radius 2 is 1.48 bits per heavy atom. The van der Waals surface area contributed by atoms with Crippen LogP contribution in [0.15, 0.2) is 34.5 Å². The summed E-state index contributed by atoms with van der Waals surface area (Å²) < 4.78 is 66.3. The zero-order chi connectivity index (χ0) is 18.3. The lowest BCUT2D eigenvalue weighted by Gasteiger charge is -2.07. The standard InChI is InChI=1S/C16H8F5N3O/c1-24-9-5-3-2-4-7(9)15(16(24)25)23-22-6-8-10(17)12(19)14(21)13(20)11(8)18/h2-6H,1H3/b22-6-,23-15+. The SMILES string of the molecule is CN1C(=O)/C(=N/N=C\c2c(F)c(F)c(F)c(F)c2F)c2ccccc21. The molecule has 3 rings (SSSR count). The van der Waals surface area contributed by atoms with E-state index >= 15 is 0 Å². The van der Waals surface area contributed by atoms with Gasteiger partial charge < -0.3 is 4.90 Å². The van der Waals surface area contributed by atoms with E-state index in [4.69, 9.17) is 0 Å². The van der Waals surface area contributed by atoms with Gasteiger partial charge in [-0.25, -0.2) is 22.0 Å². The summed E-state index contributed by atoms with van der Waals surface area (Å²) in [6.07, 6.45) is 0.373. The number of nitrogens with zero attached hydrogens (tertiary/aromatic N) is 3. The number of likely N-dealkylation sites (N-methyl/N-ethyl adjacent to an activating group) is 1. The molecule has 0 unspecified atom stereocenters. The van der Waals surface area contributed by atoms with Crippen molar-refractivity contribution in [3.05, 3.63) is 64.5 Å². The summed E-state index contributed by atoms with van der Waals surface area (Å²) in [5.41, 5.74) is -0.367. The van der Waals surface area contributed by atoms with Gasteiger partial charge in [0.15, 0.2) is 29.0 Å². The summed E-state index contributed by atoms with van der Waals surface area (Å²) in [5, 5.41) is 6.90. The smallest absolute Gasteiger partial charge is 0.279 e. The van der Waals surface area contributed by atoms with Gasteiger partial charge in [-0.2, -0.15) is 5.10 Å². The minimum atomic E-state index is -2.26. The summed E-state index contributed by atoms with van der Waals surface area (Å²) in [6.45, 7) is 0. The van der Waals surface area contributed by atoms with Crippen molar-refractivity contribution in [2.45, 2.75) is 0 Å². The van der Waals surface area contributed by atoms with Crippen molar-refractivity contribution in [1.29, 1.82) is 0 Å². The van der Waals surface area contributed by atoms with Gasteiger partial charge in [-0.1, -0.05) is 18.2 Å². The Hall–Kier alpha value is -3.10. The maximum Gasteiger partial charge on any atom is 0.279 e. The Morgan fingerprint density at radius 3 is 2.12 bits per heavy atom. The van der Waals surface area contributed by atoms with Gasteiger partial charge in [0.25, 0.3) is 5.91 Å². The van der Waals surface area contributed by atoms with E-state index in [0.717, 1.165) is 0 Å². The van der Waals surface area contributed by atoms with E-state index in [9.17, 15) is 26.7 Å². The number of benzene rings is 2. The van der Waals surface area contributed by atoms with E-state index in [-0.39, 0.29) is 5.71 Å². The molecule has 1 aliphatic heterocycles.